The third kappa shape index (κ3) is 4.09. The van der Waals surface area contributed by atoms with E-state index in [1.807, 2.05) is 48.5 Å². The molecule has 33 heavy (non-hydrogen) atoms. The van der Waals surface area contributed by atoms with Crippen molar-refractivity contribution < 1.29 is 14.3 Å². The van der Waals surface area contributed by atoms with Crippen LogP contribution in [0.15, 0.2) is 48.5 Å². The van der Waals surface area contributed by atoms with Gasteiger partial charge in [0.1, 0.15) is 5.75 Å². The summed E-state index contributed by atoms with van der Waals surface area (Å²) in [4.78, 5) is 32.4. The highest BCUT2D eigenvalue weighted by Gasteiger charge is 2.31. The van der Waals surface area contributed by atoms with Gasteiger partial charge in [-0.15, -0.1) is 0 Å². The second-order valence-electron chi connectivity index (χ2n) is 8.86. The zero-order valence-corrected chi connectivity index (χ0v) is 18.9. The van der Waals surface area contributed by atoms with E-state index >= 15 is 0 Å². The van der Waals surface area contributed by atoms with Crippen LogP contribution in [0.2, 0.25) is 0 Å². The second kappa shape index (κ2) is 8.70. The van der Waals surface area contributed by atoms with Gasteiger partial charge in [-0.1, -0.05) is 37.3 Å². The molecular weight excluding hydrogens is 414 g/mol. The normalized spacial score (nSPS) is 19.3. The maximum atomic E-state index is 13.8. The lowest BCUT2D eigenvalue weighted by Gasteiger charge is -2.31. The first kappa shape index (κ1) is 21.2. The highest BCUT2D eigenvalue weighted by Crippen LogP contribution is 2.39. The zero-order chi connectivity index (χ0) is 22.9. The summed E-state index contributed by atoms with van der Waals surface area (Å²) in [7, 11) is 1.66. The second-order valence-corrected chi connectivity index (χ2v) is 8.86. The Morgan fingerprint density at radius 3 is 2.70 bits per heavy atom. The van der Waals surface area contributed by atoms with Gasteiger partial charge in [0.2, 0.25) is 5.91 Å². The van der Waals surface area contributed by atoms with Crippen molar-refractivity contribution in [3.8, 4) is 5.75 Å². The molecule has 2 aromatic carbocycles. The van der Waals surface area contributed by atoms with Crippen LogP contribution in [0.3, 0.4) is 0 Å². The minimum Gasteiger partial charge on any atom is -0.497 e. The molecule has 2 aliphatic rings. The van der Waals surface area contributed by atoms with Crippen LogP contribution in [0, 0.1) is 5.92 Å². The maximum Gasteiger partial charge on any atom is 0.255 e. The van der Waals surface area contributed by atoms with E-state index < -0.39 is 0 Å². The van der Waals surface area contributed by atoms with Gasteiger partial charge in [-0.2, -0.15) is 0 Å². The van der Waals surface area contributed by atoms with Gasteiger partial charge in [0, 0.05) is 18.5 Å². The largest absolute Gasteiger partial charge is 0.497 e. The van der Waals surface area contributed by atoms with Crippen molar-refractivity contribution >= 4 is 34.4 Å². The predicted octanol–water partition coefficient (Wildman–Crippen LogP) is 3.94. The van der Waals surface area contributed by atoms with Gasteiger partial charge in [-0.05, 0) is 59.7 Å². The SMILES string of the molecule is COc1ccc(C=C2CC(C)Cc3c2nc2ccccc2c3C(=O)N2CCNC(=O)C2)cc1. The average molecular weight is 442 g/mol. The molecule has 1 aliphatic heterocycles. The first-order chi connectivity index (χ1) is 16.0. The molecule has 3 aromatic rings. The number of rotatable bonds is 3. The molecule has 168 valence electrons. The Morgan fingerprint density at radius 1 is 1.15 bits per heavy atom. The van der Waals surface area contributed by atoms with Crippen LogP contribution in [0.25, 0.3) is 22.6 Å². The van der Waals surface area contributed by atoms with Gasteiger partial charge >= 0.3 is 0 Å². The third-order valence-electron chi connectivity index (χ3n) is 6.41. The van der Waals surface area contributed by atoms with Crippen LogP contribution < -0.4 is 10.1 Å². The molecule has 1 fully saturated rings. The summed E-state index contributed by atoms with van der Waals surface area (Å²) in [5.74, 6) is 0.992. The molecule has 2 amide bonds. The Kier molecular flexibility index (Phi) is 5.58. The Hall–Kier alpha value is -3.67. The fourth-order valence-corrected chi connectivity index (χ4v) is 4.85. The summed E-state index contributed by atoms with van der Waals surface area (Å²) in [6.07, 6.45) is 3.84. The van der Waals surface area contributed by atoms with Crippen molar-refractivity contribution in [1.82, 2.24) is 15.2 Å². The van der Waals surface area contributed by atoms with Crippen molar-refractivity contribution in [2.75, 3.05) is 26.7 Å². The summed E-state index contributed by atoms with van der Waals surface area (Å²) < 4.78 is 5.28. The quantitative estimate of drug-likeness (QED) is 0.668. The summed E-state index contributed by atoms with van der Waals surface area (Å²) in [6.45, 7) is 3.30. The van der Waals surface area contributed by atoms with Gasteiger partial charge in [0.25, 0.3) is 5.91 Å². The Balaban J connectivity index is 1.67. The Labute approximate surface area is 193 Å². The van der Waals surface area contributed by atoms with E-state index in [4.69, 9.17) is 9.72 Å². The van der Waals surface area contributed by atoms with E-state index in [-0.39, 0.29) is 18.4 Å². The number of methoxy groups -OCH3 is 1. The molecule has 0 spiro atoms. The molecule has 1 unspecified atom stereocenters. The molecule has 1 aliphatic carbocycles. The first-order valence-electron chi connectivity index (χ1n) is 11.4. The number of nitrogens with zero attached hydrogens (tertiary/aromatic N) is 2. The van der Waals surface area contributed by atoms with Crippen LogP contribution in [-0.4, -0.2) is 48.4 Å². The minimum absolute atomic E-state index is 0.0856. The van der Waals surface area contributed by atoms with E-state index in [1.165, 1.54) is 0 Å². The van der Waals surface area contributed by atoms with Crippen LogP contribution >= 0.6 is 0 Å². The maximum absolute atomic E-state index is 13.8. The van der Waals surface area contributed by atoms with E-state index in [2.05, 4.69) is 18.3 Å². The fraction of sp³-hybridized carbons (Fsp3) is 0.296. The van der Waals surface area contributed by atoms with Crippen LogP contribution in [0.5, 0.6) is 5.75 Å². The number of hydrogen-bond donors (Lipinski definition) is 1. The topological polar surface area (TPSA) is 71.5 Å². The molecule has 6 heteroatoms. The van der Waals surface area contributed by atoms with Crippen LogP contribution in [0.4, 0.5) is 0 Å². The number of nitrogens with one attached hydrogen (secondary N) is 1. The zero-order valence-electron chi connectivity index (χ0n) is 18.9. The minimum atomic E-state index is -0.115. The van der Waals surface area contributed by atoms with Gasteiger partial charge in [0.05, 0.1) is 30.4 Å². The number of carbonyl (C=O) groups is 2. The van der Waals surface area contributed by atoms with E-state index in [0.717, 1.165) is 51.9 Å². The highest BCUT2D eigenvalue weighted by atomic mass is 16.5. The van der Waals surface area contributed by atoms with Gasteiger partial charge in [-0.25, -0.2) is 4.98 Å². The molecule has 1 aromatic heterocycles. The first-order valence-corrected chi connectivity index (χ1v) is 11.4. The smallest absolute Gasteiger partial charge is 0.255 e. The molecule has 0 radical (unpaired) electrons. The molecule has 1 N–H and O–H groups in total. The molecule has 0 bridgehead atoms. The number of pyridine rings is 1. The van der Waals surface area contributed by atoms with Crippen LogP contribution in [0.1, 0.15) is 40.5 Å². The number of benzene rings is 2. The van der Waals surface area contributed by atoms with Gasteiger partial charge in [-0.3, -0.25) is 9.59 Å². The molecule has 0 saturated carbocycles. The third-order valence-corrected chi connectivity index (χ3v) is 6.41. The van der Waals surface area contributed by atoms with Gasteiger partial charge < -0.3 is 15.0 Å². The molecule has 2 heterocycles. The predicted molar refractivity (Wildman–Crippen MR) is 129 cm³/mol. The molecule has 6 nitrogen and oxygen atoms in total. The monoisotopic (exact) mass is 441 g/mol. The summed E-state index contributed by atoms with van der Waals surface area (Å²) in [5, 5.41) is 3.66. The summed E-state index contributed by atoms with van der Waals surface area (Å²) in [5.41, 5.74) is 5.58. The molecule has 1 saturated heterocycles. The van der Waals surface area contributed by atoms with Crippen molar-refractivity contribution in [3.63, 3.8) is 0 Å². The lowest BCUT2D eigenvalue weighted by Crippen LogP contribution is -2.50. The molecular formula is C27H27N3O3. The number of piperazine rings is 1. The van der Waals surface area contributed by atoms with Crippen molar-refractivity contribution in [2.24, 2.45) is 5.92 Å². The molecule has 5 rings (SSSR count). The Morgan fingerprint density at radius 2 is 1.94 bits per heavy atom. The van der Waals surface area contributed by atoms with E-state index in [9.17, 15) is 9.59 Å². The number of hydrogen-bond acceptors (Lipinski definition) is 4. The summed E-state index contributed by atoms with van der Waals surface area (Å²) in [6, 6.07) is 15.8. The number of carbonyl (C=O) groups excluding carboxylic acids is 2. The fourth-order valence-electron chi connectivity index (χ4n) is 4.85. The van der Waals surface area contributed by atoms with Crippen molar-refractivity contribution in [1.29, 1.82) is 0 Å². The lowest BCUT2D eigenvalue weighted by molar-refractivity contribution is -0.123. The van der Waals surface area contributed by atoms with E-state index in [0.29, 0.717) is 24.6 Å². The number of para-hydroxylation sites is 1. The standard InChI is InChI=1S/C27H27N3O3/c1-17-13-19(15-18-7-9-20(33-2)10-8-18)26-22(14-17)25(21-5-3-4-6-23(21)29-26)27(32)30-12-11-28-24(31)16-30/h3-10,15,17H,11-14,16H2,1-2H3,(H,28,31). The van der Waals surface area contributed by atoms with Gasteiger partial charge in [0.15, 0.2) is 0 Å². The Bertz CT molecular complexity index is 1260. The number of ether oxygens (including phenoxy) is 1. The van der Waals surface area contributed by atoms with Crippen molar-refractivity contribution in [2.45, 2.75) is 19.8 Å². The summed E-state index contributed by atoms with van der Waals surface area (Å²) >= 11 is 0. The lowest BCUT2D eigenvalue weighted by atomic mass is 9.80. The average Bonchev–Trinajstić information content (AvgIpc) is 2.83. The number of aromatic nitrogens is 1. The van der Waals surface area contributed by atoms with E-state index in [1.54, 1.807) is 12.0 Å². The molecule has 1 atom stereocenters. The highest BCUT2D eigenvalue weighted by molar-refractivity contribution is 6.10. The number of fused-ring (bicyclic) bond motifs is 2. The number of allylic oxidation sites excluding steroid dienone is 1. The number of amides is 2. The van der Waals surface area contributed by atoms with Crippen molar-refractivity contribution in [3.05, 3.63) is 70.9 Å². The van der Waals surface area contributed by atoms with Crippen LogP contribution in [-0.2, 0) is 11.2 Å².